The summed E-state index contributed by atoms with van der Waals surface area (Å²) in [6.07, 6.45) is 2.10. The third-order valence-electron chi connectivity index (χ3n) is 1.97. The second kappa shape index (κ2) is 5.50. The fraction of sp³-hybridized carbons (Fsp3) is 0.500. The smallest absolute Gasteiger partial charge is 0.233 e. The molecule has 4 nitrogen and oxygen atoms in total. The molecule has 1 N–H and O–H groups in total. The summed E-state index contributed by atoms with van der Waals surface area (Å²) >= 11 is 5.80. The van der Waals surface area contributed by atoms with E-state index in [1.54, 1.807) is 12.1 Å². The Morgan fingerprint density at radius 1 is 1.50 bits per heavy atom. The summed E-state index contributed by atoms with van der Waals surface area (Å²) in [4.78, 5) is 3.87. The first-order valence-corrected chi connectivity index (χ1v) is 7.05. The van der Waals surface area contributed by atoms with Crippen LogP contribution in [0.1, 0.15) is 20.3 Å². The SMILES string of the molecule is CC(C)CCS(=O)(=O)Nc1ncccc1Cl. The number of pyridine rings is 1. The third kappa shape index (κ3) is 4.37. The molecule has 0 spiro atoms. The van der Waals surface area contributed by atoms with E-state index in [0.29, 0.717) is 17.4 Å². The predicted molar refractivity (Wildman–Crippen MR) is 66.1 cm³/mol. The van der Waals surface area contributed by atoms with E-state index in [1.165, 1.54) is 6.20 Å². The van der Waals surface area contributed by atoms with Crippen LogP contribution in [0.25, 0.3) is 0 Å². The molecule has 0 fully saturated rings. The Morgan fingerprint density at radius 3 is 2.75 bits per heavy atom. The number of hydrogen-bond acceptors (Lipinski definition) is 3. The van der Waals surface area contributed by atoms with Crippen molar-refractivity contribution < 1.29 is 8.42 Å². The van der Waals surface area contributed by atoms with Gasteiger partial charge in [-0.1, -0.05) is 25.4 Å². The van der Waals surface area contributed by atoms with E-state index in [0.717, 1.165) is 0 Å². The maximum atomic E-state index is 11.6. The van der Waals surface area contributed by atoms with Crippen LogP contribution in [-0.4, -0.2) is 19.2 Å². The molecule has 0 aromatic carbocycles. The Hall–Kier alpha value is -0.810. The van der Waals surface area contributed by atoms with Crippen molar-refractivity contribution in [3.63, 3.8) is 0 Å². The summed E-state index contributed by atoms with van der Waals surface area (Å²) in [5.74, 6) is 0.612. The van der Waals surface area contributed by atoms with Crippen molar-refractivity contribution in [2.45, 2.75) is 20.3 Å². The number of sulfonamides is 1. The molecule has 0 amide bonds. The number of rotatable bonds is 5. The minimum Gasteiger partial charge on any atom is -0.266 e. The summed E-state index contributed by atoms with van der Waals surface area (Å²) in [7, 11) is -3.35. The van der Waals surface area contributed by atoms with Gasteiger partial charge in [-0.25, -0.2) is 13.4 Å². The molecule has 0 saturated carbocycles. The van der Waals surface area contributed by atoms with E-state index in [4.69, 9.17) is 11.6 Å². The van der Waals surface area contributed by atoms with Crippen LogP contribution in [0.4, 0.5) is 5.82 Å². The fourth-order valence-corrected chi connectivity index (χ4v) is 2.62. The van der Waals surface area contributed by atoms with E-state index in [2.05, 4.69) is 9.71 Å². The van der Waals surface area contributed by atoms with Gasteiger partial charge in [0.05, 0.1) is 10.8 Å². The Morgan fingerprint density at radius 2 is 2.19 bits per heavy atom. The Balaban J connectivity index is 2.70. The number of aromatic nitrogens is 1. The molecule has 0 aliphatic heterocycles. The lowest BCUT2D eigenvalue weighted by Gasteiger charge is -2.09. The number of nitrogens with zero attached hydrogens (tertiary/aromatic N) is 1. The quantitative estimate of drug-likeness (QED) is 0.887. The van der Waals surface area contributed by atoms with Gasteiger partial charge in [0, 0.05) is 6.20 Å². The van der Waals surface area contributed by atoms with Gasteiger partial charge in [-0.15, -0.1) is 0 Å². The van der Waals surface area contributed by atoms with Crippen LogP contribution in [0, 0.1) is 5.92 Å². The summed E-state index contributed by atoms with van der Waals surface area (Å²) in [6.45, 7) is 3.95. The largest absolute Gasteiger partial charge is 0.266 e. The third-order valence-corrected chi connectivity index (χ3v) is 3.56. The molecule has 1 aromatic heterocycles. The molecular formula is C10H15ClN2O2S. The lowest BCUT2D eigenvalue weighted by Crippen LogP contribution is -2.18. The molecular weight excluding hydrogens is 248 g/mol. The lowest BCUT2D eigenvalue weighted by molar-refractivity contribution is 0.578. The number of anilines is 1. The maximum Gasteiger partial charge on any atom is 0.233 e. The van der Waals surface area contributed by atoms with E-state index in [9.17, 15) is 8.42 Å². The molecule has 6 heteroatoms. The number of hydrogen-bond donors (Lipinski definition) is 1. The van der Waals surface area contributed by atoms with Gasteiger partial charge in [-0.2, -0.15) is 0 Å². The normalized spacial score (nSPS) is 11.8. The van der Waals surface area contributed by atoms with E-state index in [1.807, 2.05) is 13.8 Å². The zero-order chi connectivity index (χ0) is 12.2. The Bertz CT molecular complexity index is 446. The molecule has 1 aromatic rings. The van der Waals surface area contributed by atoms with Crippen LogP contribution in [0.3, 0.4) is 0 Å². The minimum absolute atomic E-state index is 0.0809. The zero-order valence-corrected chi connectivity index (χ0v) is 10.8. The van der Waals surface area contributed by atoms with Crippen molar-refractivity contribution in [3.8, 4) is 0 Å². The molecule has 16 heavy (non-hydrogen) atoms. The molecule has 0 atom stereocenters. The van der Waals surface area contributed by atoms with Gasteiger partial charge in [0.2, 0.25) is 10.0 Å². The van der Waals surface area contributed by atoms with E-state index in [-0.39, 0.29) is 11.6 Å². The molecule has 0 bridgehead atoms. The first-order valence-electron chi connectivity index (χ1n) is 5.02. The van der Waals surface area contributed by atoms with Crippen molar-refractivity contribution in [2.75, 3.05) is 10.5 Å². The Labute approximate surface area is 101 Å². The Kier molecular flexibility index (Phi) is 4.56. The van der Waals surface area contributed by atoms with Gasteiger partial charge in [-0.3, -0.25) is 4.72 Å². The molecule has 90 valence electrons. The van der Waals surface area contributed by atoms with Crippen LogP contribution in [0.2, 0.25) is 5.02 Å². The summed E-state index contributed by atoms with van der Waals surface area (Å²) in [5, 5.41) is 0.302. The highest BCUT2D eigenvalue weighted by atomic mass is 35.5. The molecule has 1 heterocycles. The second-order valence-corrected chi connectivity index (χ2v) is 6.19. The first-order chi connectivity index (χ1) is 7.41. The summed E-state index contributed by atoms with van der Waals surface area (Å²) in [5.41, 5.74) is 0. The van der Waals surface area contributed by atoms with E-state index >= 15 is 0 Å². The monoisotopic (exact) mass is 262 g/mol. The maximum absolute atomic E-state index is 11.6. The summed E-state index contributed by atoms with van der Waals surface area (Å²) < 4.78 is 25.7. The van der Waals surface area contributed by atoms with Crippen LogP contribution in [0.5, 0.6) is 0 Å². The molecule has 0 unspecified atom stereocenters. The topological polar surface area (TPSA) is 59.1 Å². The van der Waals surface area contributed by atoms with Gasteiger partial charge in [-0.05, 0) is 24.5 Å². The van der Waals surface area contributed by atoms with Crippen molar-refractivity contribution in [2.24, 2.45) is 5.92 Å². The standard InChI is InChI=1S/C10H15ClN2O2S/c1-8(2)5-7-16(14,15)13-10-9(11)4-3-6-12-10/h3-4,6,8H,5,7H2,1-2H3,(H,12,13). The minimum atomic E-state index is -3.35. The van der Waals surface area contributed by atoms with Crippen molar-refractivity contribution in [1.29, 1.82) is 0 Å². The van der Waals surface area contributed by atoms with Crippen molar-refractivity contribution in [3.05, 3.63) is 23.4 Å². The van der Waals surface area contributed by atoms with Gasteiger partial charge >= 0.3 is 0 Å². The highest BCUT2D eigenvalue weighted by molar-refractivity contribution is 7.92. The first kappa shape index (κ1) is 13.3. The predicted octanol–water partition coefficient (Wildman–Crippen LogP) is 2.52. The average molecular weight is 263 g/mol. The summed E-state index contributed by atoms with van der Waals surface area (Å²) in [6, 6.07) is 3.24. The van der Waals surface area contributed by atoms with Crippen LogP contribution < -0.4 is 4.72 Å². The van der Waals surface area contributed by atoms with Gasteiger partial charge < -0.3 is 0 Å². The number of nitrogens with one attached hydrogen (secondary N) is 1. The molecule has 0 saturated heterocycles. The van der Waals surface area contributed by atoms with Crippen LogP contribution in [-0.2, 0) is 10.0 Å². The van der Waals surface area contributed by atoms with Gasteiger partial charge in [0.25, 0.3) is 0 Å². The van der Waals surface area contributed by atoms with Crippen LogP contribution in [0.15, 0.2) is 18.3 Å². The number of halogens is 1. The molecule has 0 aliphatic rings. The van der Waals surface area contributed by atoms with Gasteiger partial charge in [0.1, 0.15) is 0 Å². The molecule has 1 rings (SSSR count). The molecule has 0 radical (unpaired) electrons. The highest BCUT2D eigenvalue weighted by Gasteiger charge is 2.13. The van der Waals surface area contributed by atoms with E-state index < -0.39 is 10.0 Å². The highest BCUT2D eigenvalue weighted by Crippen LogP contribution is 2.19. The van der Waals surface area contributed by atoms with Crippen molar-refractivity contribution in [1.82, 2.24) is 4.98 Å². The molecule has 0 aliphatic carbocycles. The average Bonchev–Trinajstić information content (AvgIpc) is 2.19. The van der Waals surface area contributed by atoms with Crippen molar-refractivity contribution >= 4 is 27.4 Å². The lowest BCUT2D eigenvalue weighted by atomic mass is 10.2. The van der Waals surface area contributed by atoms with Gasteiger partial charge in [0.15, 0.2) is 5.82 Å². The second-order valence-electron chi connectivity index (χ2n) is 3.94. The zero-order valence-electron chi connectivity index (χ0n) is 9.27. The van der Waals surface area contributed by atoms with Crippen LogP contribution >= 0.6 is 11.6 Å². The fourth-order valence-electron chi connectivity index (χ4n) is 1.05.